The molecule has 0 atom stereocenters. The highest BCUT2D eigenvalue weighted by Gasteiger charge is 2.21. The zero-order chi connectivity index (χ0) is 22.1. The van der Waals surface area contributed by atoms with Crippen LogP contribution in [0.3, 0.4) is 0 Å². The number of rotatable bonds is 5. The van der Waals surface area contributed by atoms with Gasteiger partial charge in [-0.05, 0) is 12.1 Å². The van der Waals surface area contributed by atoms with Crippen molar-refractivity contribution in [3.8, 4) is 0 Å². The molecule has 3 aromatic heterocycles. The van der Waals surface area contributed by atoms with Gasteiger partial charge in [0.2, 0.25) is 5.91 Å². The van der Waals surface area contributed by atoms with E-state index in [0.717, 1.165) is 5.69 Å². The van der Waals surface area contributed by atoms with Gasteiger partial charge in [-0.1, -0.05) is 12.1 Å². The van der Waals surface area contributed by atoms with Gasteiger partial charge in [-0.2, -0.15) is 0 Å². The molecule has 0 spiro atoms. The smallest absolute Gasteiger partial charge is 0.261 e. The van der Waals surface area contributed by atoms with E-state index in [1.165, 1.54) is 22.2 Å². The van der Waals surface area contributed by atoms with E-state index in [0.29, 0.717) is 55.1 Å². The molecule has 0 saturated carbocycles. The van der Waals surface area contributed by atoms with E-state index in [2.05, 4.69) is 14.9 Å². The summed E-state index contributed by atoms with van der Waals surface area (Å²) in [6, 6.07) is 8.79. The lowest BCUT2D eigenvalue weighted by molar-refractivity contribution is -0.133. The Hall–Kier alpha value is -3.37. The first kappa shape index (κ1) is 20.5. The van der Waals surface area contributed by atoms with Gasteiger partial charge >= 0.3 is 0 Å². The second-order valence-electron chi connectivity index (χ2n) is 7.81. The molecule has 10 heteroatoms. The number of carbonyl (C=O) groups excluding carboxylic acids is 1. The molecule has 1 amide bonds. The first-order valence-electron chi connectivity index (χ1n) is 10.5. The summed E-state index contributed by atoms with van der Waals surface area (Å²) in [5.74, 6) is 0.0288. The number of carbonyl (C=O) groups is 1. The van der Waals surface area contributed by atoms with E-state index in [9.17, 15) is 14.4 Å². The monoisotopic (exact) mass is 450 g/mol. The van der Waals surface area contributed by atoms with Crippen molar-refractivity contribution >= 4 is 33.1 Å². The molecule has 0 N–H and O–H groups in total. The number of nitrogens with zero attached hydrogens (tertiary/aromatic N) is 6. The Balaban J connectivity index is 1.16. The van der Waals surface area contributed by atoms with Crippen molar-refractivity contribution in [2.75, 3.05) is 26.2 Å². The minimum absolute atomic E-state index is 0.0288. The number of thiazole rings is 1. The van der Waals surface area contributed by atoms with Gasteiger partial charge in [0.1, 0.15) is 0 Å². The third kappa shape index (κ3) is 4.06. The standard InChI is InChI=1S/C22H22N6O3S/c29-19(5-6-27-15-23-18-4-2-1-3-17(18)21(27)31)26-9-7-25(8-10-26)14-16-13-20(30)28-11-12-32-22(28)24-16/h1-4,11-13,15H,5-10,14H2. The fraction of sp³-hybridized carbons (Fsp3) is 0.318. The molecule has 1 fully saturated rings. The lowest BCUT2D eigenvalue weighted by atomic mass is 10.2. The number of benzene rings is 1. The number of fused-ring (bicyclic) bond motifs is 2. The maximum atomic E-state index is 12.7. The average Bonchev–Trinajstić information content (AvgIpc) is 3.28. The number of aromatic nitrogens is 4. The molecule has 32 heavy (non-hydrogen) atoms. The first-order valence-corrected chi connectivity index (χ1v) is 11.4. The molecule has 4 heterocycles. The van der Waals surface area contributed by atoms with Crippen molar-refractivity contribution in [2.45, 2.75) is 19.5 Å². The fourth-order valence-electron chi connectivity index (χ4n) is 3.99. The molecular formula is C22H22N6O3S. The van der Waals surface area contributed by atoms with Gasteiger partial charge in [-0.3, -0.25) is 28.3 Å². The summed E-state index contributed by atoms with van der Waals surface area (Å²) in [5.41, 5.74) is 1.21. The zero-order valence-electron chi connectivity index (χ0n) is 17.4. The van der Waals surface area contributed by atoms with Crippen LogP contribution in [0, 0.1) is 0 Å². The number of aryl methyl sites for hydroxylation is 1. The molecule has 0 unspecified atom stereocenters. The minimum Gasteiger partial charge on any atom is -0.340 e. The van der Waals surface area contributed by atoms with Gasteiger partial charge in [0.25, 0.3) is 11.1 Å². The third-order valence-electron chi connectivity index (χ3n) is 5.76. The fourth-order valence-corrected chi connectivity index (χ4v) is 4.73. The minimum atomic E-state index is -0.126. The summed E-state index contributed by atoms with van der Waals surface area (Å²) in [7, 11) is 0. The molecule has 0 radical (unpaired) electrons. The number of hydrogen-bond donors (Lipinski definition) is 0. The zero-order valence-corrected chi connectivity index (χ0v) is 18.2. The molecule has 5 rings (SSSR count). The van der Waals surface area contributed by atoms with Crippen LogP contribution in [0.25, 0.3) is 15.9 Å². The van der Waals surface area contributed by atoms with Crippen molar-refractivity contribution in [2.24, 2.45) is 0 Å². The van der Waals surface area contributed by atoms with Crippen LogP contribution in [-0.4, -0.2) is 60.8 Å². The predicted octanol–water partition coefficient (Wildman–Crippen LogP) is 1.20. The van der Waals surface area contributed by atoms with Crippen molar-refractivity contribution in [1.82, 2.24) is 28.7 Å². The predicted molar refractivity (Wildman–Crippen MR) is 122 cm³/mol. The van der Waals surface area contributed by atoms with E-state index < -0.39 is 0 Å². The van der Waals surface area contributed by atoms with Crippen molar-refractivity contribution in [3.63, 3.8) is 0 Å². The third-order valence-corrected chi connectivity index (χ3v) is 6.52. The Labute approximate surface area is 187 Å². The number of piperazine rings is 1. The summed E-state index contributed by atoms with van der Waals surface area (Å²) in [5, 5.41) is 2.41. The number of amides is 1. The maximum Gasteiger partial charge on any atom is 0.261 e. The van der Waals surface area contributed by atoms with Crippen LogP contribution in [-0.2, 0) is 17.9 Å². The molecule has 1 saturated heterocycles. The molecule has 164 valence electrons. The van der Waals surface area contributed by atoms with E-state index in [1.54, 1.807) is 28.8 Å². The van der Waals surface area contributed by atoms with Crippen molar-refractivity contribution in [1.29, 1.82) is 0 Å². The van der Waals surface area contributed by atoms with Crippen LogP contribution >= 0.6 is 11.3 Å². The maximum absolute atomic E-state index is 12.7. The Morgan fingerprint density at radius 2 is 1.91 bits per heavy atom. The average molecular weight is 451 g/mol. The molecule has 1 aromatic carbocycles. The molecular weight excluding hydrogens is 428 g/mol. The Morgan fingerprint density at radius 1 is 1.09 bits per heavy atom. The summed E-state index contributed by atoms with van der Waals surface area (Å²) in [4.78, 5) is 51.0. The summed E-state index contributed by atoms with van der Waals surface area (Å²) < 4.78 is 3.04. The summed E-state index contributed by atoms with van der Waals surface area (Å²) in [6.07, 6.45) is 3.49. The van der Waals surface area contributed by atoms with Crippen molar-refractivity contribution < 1.29 is 4.79 Å². The molecule has 0 bridgehead atoms. The Kier molecular flexibility index (Phi) is 5.54. The lowest BCUT2D eigenvalue weighted by Crippen LogP contribution is -2.48. The first-order chi connectivity index (χ1) is 15.6. The largest absolute Gasteiger partial charge is 0.340 e. The molecule has 1 aliphatic rings. The van der Waals surface area contributed by atoms with Crippen LogP contribution in [0.4, 0.5) is 0 Å². The molecule has 4 aromatic rings. The highest BCUT2D eigenvalue weighted by molar-refractivity contribution is 7.15. The van der Waals surface area contributed by atoms with Gasteiger partial charge in [-0.15, -0.1) is 11.3 Å². The van der Waals surface area contributed by atoms with E-state index in [4.69, 9.17) is 0 Å². The topological polar surface area (TPSA) is 92.8 Å². The van der Waals surface area contributed by atoms with Crippen LogP contribution in [0.1, 0.15) is 12.1 Å². The number of para-hydroxylation sites is 1. The van der Waals surface area contributed by atoms with Crippen LogP contribution in [0.15, 0.2) is 57.8 Å². The molecule has 9 nitrogen and oxygen atoms in total. The quantitative estimate of drug-likeness (QED) is 0.454. The highest BCUT2D eigenvalue weighted by Crippen LogP contribution is 2.11. The van der Waals surface area contributed by atoms with Gasteiger partial charge in [0, 0.05) is 63.3 Å². The van der Waals surface area contributed by atoms with Gasteiger partial charge < -0.3 is 4.90 Å². The van der Waals surface area contributed by atoms with Crippen molar-refractivity contribution in [3.05, 3.63) is 74.6 Å². The normalized spacial score (nSPS) is 14.9. The Bertz CT molecular complexity index is 1400. The number of hydrogen-bond acceptors (Lipinski definition) is 7. The summed E-state index contributed by atoms with van der Waals surface area (Å²) >= 11 is 1.44. The van der Waals surface area contributed by atoms with Crippen LogP contribution < -0.4 is 11.1 Å². The van der Waals surface area contributed by atoms with E-state index in [-0.39, 0.29) is 23.4 Å². The second-order valence-corrected chi connectivity index (χ2v) is 8.68. The summed E-state index contributed by atoms with van der Waals surface area (Å²) in [6.45, 7) is 3.56. The lowest BCUT2D eigenvalue weighted by Gasteiger charge is -2.34. The highest BCUT2D eigenvalue weighted by atomic mass is 32.1. The van der Waals surface area contributed by atoms with E-state index in [1.807, 2.05) is 22.4 Å². The van der Waals surface area contributed by atoms with E-state index >= 15 is 0 Å². The Morgan fingerprint density at radius 3 is 2.75 bits per heavy atom. The SMILES string of the molecule is O=C(CCn1cnc2ccccc2c1=O)N1CCN(Cc2cc(=O)n3ccsc3n2)CC1. The van der Waals surface area contributed by atoms with Gasteiger partial charge in [0.05, 0.1) is 22.9 Å². The molecule has 0 aliphatic carbocycles. The van der Waals surface area contributed by atoms with Gasteiger partial charge in [-0.25, -0.2) is 9.97 Å². The van der Waals surface area contributed by atoms with Gasteiger partial charge in [0.15, 0.2) is 4.96 Å². The molecule has 1 aliphatic heterocycles. The van der Waals surface area contributed by atoms with Crippen LogP contribution in [0.2, 0.25) is 0 Å². The second kappa shape index (κ2) is 8.64. The van der Waals surface area contributed by atoms with Crippen LogP contribution in [0.5, 0.6) is 0 Å².